The molecule has 2 aromatic rings. The molecule has 3 rings (SSSR count). The van der Waals surface area contributed by atoms with E-state index in [1.165, 1.54) is 17.2 Å². The van der Waals surface area contributed by atoms with Gasteiger partial charge in [0.15, 0.2) is 0 Å². The number of hydrogen-bond acceptors (Lipinski definition) is 2. The fraction of sp³-hybridized carbons (Fsp3) is 0.294. The molecule has 0 saturated heterocycles. The number of fused-ring (bicyclic) bond motifs is 1. The number of hydrogen-bond donors (Lipinski definition) is 1. The van der Waals surface area contributed by atoms with Crippen LogP contribution in [0.2, 0.25) is 0 Å². The van der Waals surface area contributed by atoms with Crippen molar-refractivity contribution < 1.29 is 4.39 Å². The number of rotatable bonds is 3. The minimum atomic E-state index is -0.224. The molecule has 2 aromatic carbocycles. The van der Waals surface area contributed by atoms with E-state index in [0.29, 0.717) is 11.0 Å². The van der Waals surface area contributed by atoms with Gasteiger partial charge in [0.1, 0.15) is 5.82 Å². The Labute approximate surface area is 132 Å². The summed E-state index contributed by atoms with van der Waals surface area (Å²) < 4.78 is 13.9. The first-order valence-corrected chi connectivity index (χ1v) is 7.94. The Morgan fingerprint density at radius 1 is 1.24 bits per heavy atom. The SMILES string of the molecule is NCC1c2ccccc2CCN1Cc1ccc(F)c(Br)c1. The van der Waals surface area contributed by atoms with E-state index < -0.39 is 0 Å². The lowest BCUT2D eigenvalue weighted by Gasteiger charge is -2.36. The third-order valence-electron chi connectivity index (χ3n) is 4.12. The third-order valence-corrected chi connectivity index (χ3v) is 4.72. The highest BCUT2D eigenvalue weighted by atomic mass is 79.9. The molecule has 0 aromatic heterocycles. The molecular formula is C17H18BrFN2. The topological polar surface area (TPSA) is 29.3 Å². The Morgan fingerprint density at radius 2 is 2.05 bits per heavy atom. The molecule has 0 spiro atoms. The predicted octanol–water partition coefficient (Wildman–Crippen LogP) is 3.65. The maximum Gasteiger partial charge on any atom is 0.137 e. The molecule has 0 saturated carbocycles. The first-order valence-electron chi connectivity index (χ1n) is 7.15. The second-order valence-electron chi connectivity index (χ2n) is 5.42. The van der Waals surface area contributed by atoms with Gasteiger partial charge in [-0.25, -0.2) is 4.39 Å². The van der Waals surface area contributed by atoms with Gasteiger partial charge in [0.05, 0.1) is 4.47 Å². The van der Waals surface area contributed by atoms with Gasteiger partial charge in [-0.15, -0.1) is 0 Å². The smallest absolute Gasteiger partial charge is 0.137 e. The van der Waals surface area contributed by atoms with Crippen LogP contribution in [-0.2, 0) is 13.0 Å². The van der Waals surface area contributed by atoms with Crippen LogP contribution in [0.25, 0.3) is 0 Å². The van der Waals surface area contributed by atoms with Crippen molar-refractivity contribution in [1.82, 2.24) is 4.90 Å². The zero-order valence-electron chi connectivity index (χ0n) is 11.7. The molecule has 1 heterocycles. The molecule has 1 aliphatic rings. The van der Waals surface area contributed by atoms with Gasteiger partial charge in [0, 0.05) is 25.7 Å². The lowest BCUT2D eigenvalue weighted by atomic mass is 9.92. The predicted molar refractivity (Wildman–Crippen MR) is 86.5 cm³/mol. The normalized spacial score (nSPS) is 18.5. The first-order chi connectivity index (χ1) is 10.2. The molecule has 1 unspecified atom stereocenters. The molecule has 21 heavy (non-hydrogen) atoms. The fourth-order valence-corrected chi connectivity index (χ4v) is 3.47. The van der Waals surface area contributed by atoms with Crippen molar-refractivity contribution in [2.45, 2.75) is 19.0 Å². The molecular weight excluding hydrogens is 331 g/mol. The zero-order valence-corrected chi connectivity index (χ0v) is 13.3. The van der Waals surface area contributed by atoms with E-state index in [0.717, 1.165) is 25.1 Å². The molecule has 0 radical (unpaired) electrons. The molecule has 0 amide bonds. The highest BCUT2D eigenvalue weighted by molar-refractivity contribution is 9.10. The maximum absolute atomic E-state index is 13.3. The maximum atomic E-state index is 13.3. The molecule has 1 aliphatic heterocycles. The van der Waals surface area contributed by atoms with Crippen LogP contribution in [0.5, 0.6) is 0 Å². The second-order valence-corrected chi connectivity index (χ2v) is 6.27. The first kappa shape index (κ1) is 14.7. The van der Waals surface area contributed by atoms with Gasteiger partial charge in [0.2, 0.25) is 0 Å². The standard InChI is InChI=1S/C17H18BrFN2/c18-15-9-12(5-6-16(15)19)11-21-8-7-13-3-1-2-4-14(13)17(21)10-20/h1-6,9,17H,7-8,10-11,20H2. The van der Waals surface area contributed by atoms with E-state index >= 15 is 0 Å². The van der Waals surface area contributed by atoms with Gasteiger partial charge >= 0.3 is 0 Å². The highest BCUT2D eigenvalue weighted by Gasteiger charge is 2.25. The van der Waals surface area contributed by atoms with Crippen LogP contribution in [0.15, 0.2) is 46.9 Å². The number of nitrogens with two attached hydrogens (primary N) is 1. The fourth-order valence-electron chi connectivity index (χ4n) is 3.04. The largest absolute Gasteiger partial charge is 0.329 e. The molecule has 0 fully saturated rings. The van der Waals surface area contributed by atoms with Gasteiger partial charge in [0.25, 0.3) is 0 Å². The molecule has 0 bridgehead atoms. The van der Waals surface area contributed by atoms with Crippen LogP contribution in [0.1, 0.15) is 22.7 Å². The number of benzene rings is 2. The van der Waals surface area contributed by atoms with E-state index in [-0.39, 0.29) is 11.9 Å². The van der Waals surface area contributed by atoms with Crippen LogP contribution >= 0.6 is 15.9 Å². The summed E-state index contributed by atoms with van der Waals surface area (Å²) in [5, 5.41) is 0. The zero-order chi connectivity index (χ0) is 14.8. The lowest BCUT2D eigenvalue weighted by Crippen LogP contribution is -2.38. The summed E-state index contributed by atoms with van der Waals surface area (Å²) in [6, 6.07) is 13.9. The van der Waals surface area contributed by atoms with Crippen molar-refractivity contribution in [3.8, 4) is 0 Å². The minimum Gasteiger partial charge on any atom is -0.329 e. The Hall–Kier alpha value is -1.23. The lowest BCUT2D eigenvalue weighted by molar-refractivity contribution is 0.181. The average molecular weight is 349 g/mol. The molecule has 4 heteroatoms. The van der Waals surface area contributed by atoms with Crippen LogP contribution in [0.3, 0.4) is 0 Å². The van der Waals surface area contributed by atoms with Gasteiger partial charge in [-0.05, 0) is 51.2 Å². The Morgan fingerprint density at radius 3 is 2.81 bits per heavy atom. The molecule has 0 aliphatic carbocycles. The van der Waals surface area contributed by atoms with Crippen LogP contribution in [-0.4, -0.2) is 18.0 Å². The van der Waals surface area contributed by atoms with E-state index in [2.05, 4.69) is 45.1 Å². The van der Waals surface area contributed by atoms with E-state index in [4.69, 9.17) is 5.73 Å². The van der Waals surface area contributed by atoms with E-state index in [9.17, 15) is 4.39 Å². The van der Waals surface area contributed by atoms with Crippen LogP contribution < -0.4 is 5.73 Å². The summed E-state index contributed by atoms with van der Waals surface area (Å²) >= 11 is 3.25. The van der Waals surface area contributed by atoms with Crippen molar-refractivity contribution >= 4 is 15.9 Å². The van der Waals surface area contributed by atoms with Crippen LogP contribution in [0.4, 0.5) is 4.39 Å². The average Bonchev–Trinajstić information content (AvgIpc) is 2.51. The molecule has 2 N–H and O–H groups in total. The van der Waals surface area contributed by atoms with Gasteiger partial charge in [-0.3, -0.25) is 4.90 Å². The second kappa shape index (κ2) is 6.26. The van der Waals surface area contributed by atoms with Crippen molar-refractivity contribution in [1.29, 1.82) is 0 Å². The summed E-state index contributed by atoms with van der Waals surface area (Å²) in [5.74, 6) is -0.224. The van der Waals surface area contributed by atoms with Crippen molar-refractivity contribution in [3.63, 3.8) is 0 Å². The van der Waals surface area contributed by atoms with Crippen LogP contribution in [0, 0.1) is 5.82 Å². The molecule has 2 nitrogen and oxygen atoms in total. The Kier molecular flexibility index (Phi) is 4.38. The van der Waals surface area contributed by atoms with Gasteiger partial charge in [-0.2, -0.15) is 0 Å². The summed E-state index contributed by atoms with van der Waals surface area (Å²) in [5.41, 5.74) is 9.82. The summed E-state index contributed by atoms with van der Waals surface area (Å²) in [7, 11) is 0. The number of halogens is 2. The van der Waals surface area contributed by atoms with E-state index in [1.54, 1.807) is 0 Å². The minimum absolute atomic E-state index is 0.224. The summed E-state index contributed by atoms with van der Waals surface area (Å²) in [6.45, 7) is 2.36. The molecule has 110 valence electrons. The highest BCUT2D eigenvalue weighted by Crippen LogP contribution is 2.30. The quantitative estimate of drug-likeness (QED) is 0.917. The van der Waals surface area contributed by atoms with Gasteiger partial charge < -0.3 is 5.73 Å². The Bertz CT molecular complexity index is 644. The van der Waals surface area contributed by atoms with Gasteiger partial charge in [-0.1, -0.05) is 30.3 Å². The summed E-state index contributed by atoms with van der Waals surface area (Å²) in [6.07, 6.45) is 1.04. The van der Waals surface area contributed by atoms with Crippen molar-refractivity contribution in [2.75, 3.05) is 13.1 Å². The summed E-state index contributed by atoms with van der Waals surface area (Å²) in [4.78, 5) is 2.38. The third kappa shape index (κ3) is 3.03. The monoisotopic (exact) mass is 348 g/mol. The molecule has 1 atom stereocenters. The number of nitrogens with zero attached hydrogens (tertiary/aromatic N) is 1. The van der Waals surface area contributed by atoms with Crippen molar-refractivity contribution in [2.24, 2.45) is 5.73 Å². The Balaban J connectivity index is 1.84. The van der Waals surface area contributed by atoms with Crippen molar-refractivity contribution in [3.05, 3.63) is 69.4 Å². The van der Waals surface area contributed by atoms with E-state index in [1.807, 2.05) is 12.1 Å².